The van der Waals surface area contributed by atoms with Crippen molar-refractivity contribution in [3.05, 3.63) is 75.5 Å². The number of benzene rings is 2. The van der Waals surface area contributed by atoms with Gasteiger partial charge in [0.1, 0.15) is 5.69 Å². The third kappa shape index (κ3) is 2.59. The highest BCUT2D eigenvalue weighted by molar-refractivity contribution is 6.04. The van der Waals surface area contributed by atoms with Crippen LogP contribution in [0.3, 0.4) is 0 Å². The second kappa shape index (κ2) is 5.94. The van der Waals surface area contributed by atoms with Gasteiger partial charge in [0.2, 0.25) is 0 Å². The molecular formula is C18H15N5O2. The van der Waals surface area contributed by atoms with Gasteiger partial charge in [-0.15, -0.1) is 10.2 Å². The van der Waals surface area contributed by atoms with Crippen LogP contribution in [0.4, 0.5) is 5.69 Å². The summed E-state index contributed by atoms with van der Waals surface area (Å²) in [6, 6.07) is 14.3. The number of hydrogen-bond donors (Lipinski definition) is 1. The van der Waals surface area contributed by atoms with Crippen LogP contribution in [0.15, 0.2) is 53.6 Å². The Morgan fingerprint density at radius 1 is 1.12 bits per heavy atom. The molecule has 1 unspecified atom stereocenters. The summed E-state index contributed by atoms with van der Waals surface area (Å²) in [6.07, 6.45) is 0.527. The third-order valence-corrected chi connectivity index (χ3v) is 4.46. The largest absolute Gasteiger partial charge is 0.302 e. The third-order valence-electron chi connectivity index (χ3n) is 4.46. The molecule has 1 atom stereocenters. The Hall–Kier alpha value is -3.35. The van der Waals surface area contributed by atoms with Gasteiger partial charge < -0.3 is 5.43 Å². The minimum atomic E-state index is -0.365. The number of aromatic nitrogens is 2. The van der Waals surface area contributed by atoms with Gasteiger partial charge in [-0.1, -0.05) is 36.4 Å². The van der Waals surface area contributed by atoms with Crippen LogP contribution >= 0.6 is 0 Å². The molecule has 3 aromatic rings. The summed E-state index contributed by atoms with van der Waals surface area (Å²) < 4.78 is 0. The summed E-state index contributed by atoms with van der Waals surface area (Å²) in [7, 11) is 0. The van der Waals surface area contributed by atoms with Gasteiger partial charge in [0, 0.05) is 17.9 Å². The fourth-order valence-electron chi connectivity index (χ4n) is 3.18. The first-order chi connectivity index (χ1) is 12.1. The van der Waals surface area contributed by atoms with Crippen molar-refractivity contribution in [2.45, 2.75) is 19.4 Å². The van der Waals surface area contributed by atoms with E-state index in [-0.39, 0.29) is 16.7 Å². The molecule has 2 heterocycles. The van der Waals surface area contributed by atoms with E-state index in [0.29, 0.717) is 12.0 Å². The van der Waals surface area contributed by atoms with Crippen LogP contribution in [0, 0.1) is 17.0 Å². The highest BCUT2D eigenvalue weighted by Crippen LogP contribution is 2.31. The zero-order valence-electron chi connectivity index (χ0n) is 13.5. The Morgan fingerprint density at radius 3 is 2.72 bits per heavy atom. The second-order valence-electron chi connectivity index (χ2n) is 5.95. The van der Waals surface area contributed by atoms with E-state index in [0.717, 1.165) is 27.9 Å². The van der Waals surface area contributed by atoms with Crippen molar-refractivity contribution in [1.82, 2.24) is 15.6 Å². The van der Waals surface area contributed by atoms with Crippen LogP contribution in [0.5, 0.6) is 0 Å². The van der Waals surface area contributed by atoms with Crippen LogP contribution < -0.4 is 5.43 Å². The minimum Gasteiger partial charge on any atom is -0.302 e. The van der Waals surface area contributed by atoms with E-state index in [1.165, 1.54) is 6.07 Å². The summed E-state index contributed by atoms with van der Waals surface area (Å²) in [5, 5.41) is 25.2. The lowest BCUT2D eigenvalue weighted by Gasteiger charge is -2.10. The summed E-state index contributed by atoms with van der Waals surface area (Å²) in [4.78, 5) is 10.9. The molecule has 124 valence electrons. The van der Waals surface area contributed by atoms with Crippen molar-refractivity contribution in [3.63, 3.8) is 0 Å². The molecule has 7 nitrogen and oxygen atoms in total. The SMILES string of the molecule is Cc1c(C2=NNC(c3ccccc3[N+](=O)[O-])C2)nnc2ccccc12. The normalized spacial score (nSPS) is 16.5. The molecule has 0 saturated heterocycles. The quantitative estimate of drug-likeness (QED) is 0.586. The topological polar surface area (TPSA) is 93.3 Å². The van der Waals surface area contributed by atoms with E-state index >= 15 is 0 Å². The summed E-state index contributed by atoms with van der Waals surface area (Å²) in [5.41, 5.74) is 7.06. The lowest BCUT2D eigenvalue weighted by Crippen LogP contribution is -2.12. The molecule has 2 aromatic carbocycles. The van der Waals surface area contributed by atoms with Gasteiger partial charge in [0.25, 0.3) is 5.69 Å². The molecule has 7 heteroatoms. The highest BCUT2D eigenvalue weighted by atomic mass is 16.6. The van der Waals surface area contributed by atoms with Crippen molar-refractivity contribution >= 4 is 22.3 Å². The van der Waals surface area contributed by atoms with Crippen molar-refractivity contribution in [2.24, 2.45) is 5.10 Å². The van der Waals surface area contributed by atoms with Crippen molar-refractivity contribution in [3.8, 4) is 0 Å². The van der Waals surface area contributed by atoms with Crippen molar-refractivity contribution in [2.75, 3.05) is 0 Å². The fraction of sp³-hybridized carbons (Fsp3) is 0.167. The van der Waals surface area contributed by atoms with Gasteiger partial charge in [-0.2, -0.15) is 5.10 Å². The zero-order chi connectivity index (χ0) is 17.4. The number of nitro groups is 1. The molecule has 0 bridgehead atoms. The van der Waals surface area contributed by atoms with Crippen LogP contribution in [-0.4, -0.2) is 20.8 Å². The van der Waals surface area contributed by atoms with E-state index in [9.17, 15) is 10.1 Å². The van der Waals surface area contributed by atoms with Crippen molar-refractivity contribution < 1.29 is 4.92 Å². The number of hydrazone groups is 1. The van der Waals surface area contributed by atoms with E-state index in [2.05, 4.69) is 20.7 Å². The van der Waals surface area contributed by atoms with E-state index in [1.54, 1.807) is 18.2 Å². The molecule has 0 radical (unpaired) electrons. The Balaban J connectivity index is 1.68. The average molecular weight is 333 g/mol. The highest BCUT2D eigenvalue weighted by Gasteiger charge is 2.28. The lowest BCUT2D eigenvalue weighted by atomic mass is 9.97. The number of hydrogen-bond acceptors (Lipinski definition) is 6. The minimum absolute atomic E-state index is 0.0952. The van der Waals surface area contributed by atoms with Gasteiger partial charge in [-0.25, -0.2) is 0 Å². The van der Waals surface area contributed by atoms with Gasteiger partial charge in [0.15, 0.2) is 0 Å². The Labute approximate surface area is 143 Å². The predicted octanol–water partition coefficient (Wildman–Crippen LogP) is 3.29. The van der Waals surface area contributed by atoms with Crippen molar-refractivity contribution in [1.29, 1.82) is 0 Å². The molecule has 1 aromatic heterocycles. The molecule has 0 spiro atoms. The average Bonchev–Trinajstić information content (AvgIpc) is 3.12. The second-order valence-corrected chi connectivity index (χ2v) is 5.95. The van der Waals surface area contributed by atoms with Crippen LogP contribution in [0.1, 0.15) is 29.3 Å². The molecule has 1 N–H and O–H groups in total. The maximum atomic E-state index is 11.2. The number of fused-ring (bicyclic) bond motifs is 1. The smallest absolute Gasteiger partial charge is 0.274 e. The fourth-order valence-corrected chi connectivity index (χ4v) is 3.18. The molecule has 4 rings (SSSR count). The number of nitrogens with one attached hydrogen (secondary N) is 1. The molecule has 0 aliphatic carbocycles. The number of rotatable bonds is 3. The first-order valence-corrected chi connectivity index (χ1v) is 7.93. The number of nitro benzene ring substituents is 1. The van der Waals surface area contributed by atoms with Gasteiger partial charge in [-0.3, -0.25) is 10.1 Å². The molecule has 0 fully saturated rings. The number of para-hydroxylation sites is 1. The summed E-state index contributed by atoms with van der Waals surface area (Å²) in [6.45, 7) is 1.99. The van der Waals surface area contributed by atoms with Gasteiger partial charge in [-0.05, 0) is 18.6 Å². The number of nitrogens with zero attached hydrogens (tertiary/aromatic N) is 4. The molecular weight excluding hydrogens is 318 g/mol. The van der Waals surface area contributed by atoms with Gasteiger partial charge in [0.05, 0.1) is 27.8 Å². The Bertz CT molecular complexity index is 1020. The first-order valence-electron chi connectivity index (χ1n) is 7.93. The first kappa shape index (κ1) is 15.2. The molecule has 25 heavy (non-hydrogen) atoms. The summed E-state index contributed by atoms with van der Waals surface area (Å²) in [5.74, 6) is 0. The summed E-state index contributed by atoms with van der Waals surface area (Å²) >= 11 is 0. The van der Waals surface area contributed by atoms with E-state index < -0.39 is 0 Å². The predicted molar refractivity (Wildman–Crippen MR) is 94.4 cm³/mol. The van der Waals surface area contributed by atoms with Gasteiger partial charge >= 0.3 is 0 Å². The number of aryl methyl sites for hydroxylation is 1. The zero-order valence-corrected chi connectivity index (χ0v) is 13.5. The monoisotopic (exact) mass is 333 g/mol. The standard InChI is InChI=1S/C18H15N5O2/c1-11-12-6-2-4-8-14(12)19-22-18(11)16-10-15(20-21-16)13-7-3-5-9-17(13)23(24)25/h2-9,15,20H,10H2,1H3. The van der Waals surface area contributed by atoms with E-state index in [1.807, 2.05) is 31.2 Å². The van der Waals surface area contributed by atoms with Crippen LogP contribution in [0.2, 0.25) is 0 Å². The molecule has 0 saturated carbocycles. The lowest BCUT2D eigenvalue weighted by molar-refractivity contribution is -0.385. The maximum absolute atomic E-state index is 11.2. The Morgan fingerprint density at radius 2 is 1.88 bits per heavy atom. The van der Waals surface area contributed by atoms with E-state index in [4.69, 9.17) is 0 Å². The molecule has 0 amide bonds. The maximum Gasteiger partial charge on any atom is 0.274 e. The molecule has 1 aliphatic heterocycles. The van der Waals surface area contributed by atoms with Crippen LogP contribution in [-0.2, 0) is 0 Å². The Kier molecular flexibility index (Phi) is 3.61. The molecule has 1 aliphatic rings. The van der Waals surface area contributed by atoms with Crippen LogP contribution in [0.25, 0.3) is 10.9 Å².